The summed E-state index contributed by atoms with van der Waals surface area (Å²) in [6.45, 7) is 7.89. The molecule has 20 heavy (non-hydrogen) atoms. The Morgan fingerprint density at radius 3 is 2.25 bits per heavy atom. The summed E-state index contributed by atoms with van der Waals surface area (Å²) in [6, 6.07) is 12.2. The third-order valence-corrected chi connectivity index (χ3v) is 3.70. The van der Waals surface area contributed by atoms with Crippen LogP contribution in [0.1, 0.15) is 39.2 Å². The molecule has 0 spiro atoms. The standard InChI is InChI=1S/C18H22O2/c1-12(17(19)18(2,3)4)13-6-7-15-11-16(20-5)9-8-14(15)10-13/h6-12H,1-5H3/t12-/m1/s1. The molecule has 0 bridgehead atoms. The number of Topliss-reactive ketones (excluding diaryl/α,β-unsaturated/α-hetero) is 1. The van der Waals surface area contributed by atoms with Crippen LogP contribution in [0.15, 0.2) is 36.4 Å². The van der Waals surface area contributed by atoms with Gasteiger partial charge in [-0.3, -0.25) is 4.79 Å². The maximum absolute atomic E-state index is 12.4. The second-order valence-electron chi connectivity index (χ2n) is 6.31. The van der Waals surface area contributed by atoms with Crippen molar-refractivity contribution in [1.82, 2.24) is 0 Å². The van der Waals surface area contributed by atoms with Crippen LogP contribution in [0.2, 0.25) is 0 Å². The van der Waals surface area contributed by atoms with Crippen molar-refractivity contribution < 1.29 is 9.53 Å². The molecule has 0 aliphatic carbocycles. The molecule has 0 aliphatic rings. The van der Waals surface area contributed by atoms with Crippen molar-refractivity contribution in [3.05, 3.63) is 42.0 Å². The zero-order chi connectivity index (χ0) is 14.9. The smallest absolute Gasteiger partial charge is 0.145 e. The van der Waals surface area contributed by atoms with Crippen LogP contribution in [0.5, 0.6) is 5.75 Å². The fraction of sp³-hybridized carbons (Fsp3) is 0.389. The highest BCUT2D eigenvalue weighted by Crippen LogP contribution is 2.30. The Hall–Kier alpha value is -1.83. The normalized spacial score (nSPS) is 13.2. The van der Waals surface area contributed by atoms with Crippen molar-refractivity contribution in [2.45, 2.75) is 33.6 Å². The average Bonchev–Trinajstić information content (AvgIpc) is 2.43. The molecule has 2 nitrogen and oxygen atoms in total. The van der Waals surface area contributed by atoms with Gasteiger partial charge in [-0.1, -0.05) is 52.0 Å². The number of fused-ring (bicyclic) bond motifs is 1. The summed E-state index contributed by atoms with van der Waals surface area (Å²) < 4.78 is 5.23. The summed E-state index contributed by atoms with van der Waals surface area (Å²) in [5.41, 5.74) is 0.761. The molecule has 2 aromatic carbocycles. The lowest BCUT2D eigenvalue weighted by Gasteiger charge is -2.22. The summed E-state index contributed by atoms with van der Waals surface area (Å²) >= 11 is 0. The van der Waals surface area contributed by atoms with Gasteiger partial charge in [0.25, 0.3) is 0 Å². The van der Waals surface area contributed by atoms with Crippen LogP contribution < -0.4 is 4.74 Å². The SMILES string of the molecule is COc1ccc2cc([C@@H](C)C(=O)C(C)(C)C)ccc2c1. The minimum atomic E-state index is -0.311. The van der Waals surface area contributed by atoms with Gasteiger partial charge >= 0.3 is 0 Å². The molecule has 0 saturated carbocycles. The first kappa shape index (κ1) is 14.6. The fourth-order valence-electron chi connectivity index (χ4n) is 2.44. The second kappa shape index (κ2) is 5.28. The third-order valence-electron chi connectivity index (χ3n) is 3.70. The molecule has 2 rings (SSSR count). The minimum absolute atomic E-state index is 0.0819. The molecular formula is C18H22O2. The highest BCUT2D eigenvalue weighted by Gasteiger charge is 2.27. The molecule has 106 valence electrons. The van der Waals surface area contributed by atoms with E-state index >= 15 is 0 Å². The van der Waals surface area contributed by atoms with Gasteiger partial charge in [0.15, 0.2) is 0 Å². The topological polar surface area (TPSA) is 26.3 Å². The van der Waals surface area contributed by atoms with E-state index in [1.54, 1.807) is 7.11 Å². The number of hydrogen-bond donors (Lipinski definition) is 0. The highest BCUT2D eigenvalue weighted by molar-refractivity contribution is 5.92. The first-order chi connectivity index (χ1) is 9.32. The molecule has 0 amide bonds. The lowest BCUT2D eigenvalue weighted by molar-refractivity contribution is -0.127. The summed E-state index contributed by atoms with van der Waals surface area (Å²) in [5.74, 6) is 1.04. The van der Waals surface area contributed by atoms with Gasteiger partial charge in [-0.05, 0) is 28.5 Å². The quantitative estimate of drug-likeness (QED) is 0.816. The van der Waals surface area contributed by atoms with Crippen LogP contribution in [0.25, 0.3) is 10.8 Å². The van der Waals surface area contributed by atoms with Gasteiger partial charge in [0, 0.05) is 11.3 Å². The largest absolute Gasteiger partial charge is 0.497 e. The van der Waals surface area contributed by atoms with Crippen LogP contribution in [0.4, 0.5) is 0 Å². The second-order valence-corrected chi connectivity index (χ2v) is 6.31. The number of ketones is 1. The molecule has 0 radical (unpaired) electrons. The van der Waals surface area contributed by atoms with E-state index in [0.717, 1.165) is 22.1 Å². The average molecular weight is 270 g/mol. The Labute approximate surface area is 120 Å². The van der Waals surface area contributed by atoms with Gasteiger partial charge in [-0.15, -0.1) is 0 Å². The Balaban J connectivity index is 2.39. The van der Waals surface area contributed by atoms with Crippen molar-refractivity contribution in [1.29, 1.82) is 0 Å². The van der Waals surface area contributed by atoms with Crippen LogP contribution in [0, 0.1) is 5.41 Å². The molecule has 0 aliphatic heterocycles. The number of ether oxygens (including phenoxy) is 1. The first-order valence-corrected chi connectivity index (χ1v) is 6.95. The molecule has 0 fully saturated rings. The van der Waals surface area contributed by atoms with Gasteiger partial charge in [0.2, 0.25) is 0 Å². The maximum Gasteiger partial charge on any atom is 0.145 e. The summed E-state index contributed by atoms with van der Waals surface area (Å²) in [6.07, 6.45) is 0. The predicted molar refractivity (Wildman–Crippen MR) is 83.4 cm³/mol. The number of carbonyl (C=O) groups is 1. The zero-order valence-corrected chi connectivity index (χ0v) is 12.9. The Bertz CT molecular complexity index is 635. The van der Waals surface area contributed by atoms with E-state index in [9.17, 15) is 4.79 Å². The van der Waals surface area contributed by atoms with Gasteiger partial charge in [0.1, 0.15) is 11.5 Å². The fourth-order valence-corrected chi connectivity index (χ4v) is 2.44. The summed E-state index contributed by atoms with van der Waals surface area (Å²) in [7, 11) is 1.67. The van der Waals surface area contributed by atoms with Crippen LogP contribution in [-0.2, 0) is 4.79 Å². The van der Waals surface area contributed by atoms with E-state index < -0.39 is 0 Å². The molecule has 2 heteroatoms. The first-order valence-electron chi connectivity index (χ1n) is 6.95. The number of hydrogen-bond acceptors (Lipinski definition) is 2. The van der Waals surface area contributed by atoms with E-state index in [4.69, 9.17) is 4.74 Å². The Morgan fingerprint density at radius 2 is 1.65 bits per heavy atom. The number of benzene rings is 2. The van der Waals surface area contributed by atoms with Crippen molar-refractivity contribution in [3.8, 4) is 5.75 Å². The molecule has 0 heterocycles. The number of rotatable bonds is 3. The van der Waals surface area contributed by atoms with Gasteiger partial charge in [-0.2, -0.15) is 0 Å². The maximum atomic E-state index is 12.4. The van der Waals surface area contributed by atoms with Crippen LogP contribution in [-0.4, -0.2) is 12.9 Å². The summed E-state index contributed by atoms with van der Waals surface area (Å²) in [4.78, 5) is 12.4. The van der Waals surface area contributed by atoms with Gasteiger partial charge in [-0.25, -0.2) is 0 Å². The van der Waals surface area contributed by atoms with Gasteiger partial charge in [0.05, 0.1) is 7.11 Å². The lowest BCUT2D eigenvalue weighted by Crippen LogP contribution is -2.25. The number of methoxy groups -OCH3 is 1. The predicted octanol–water partition coefficient (Wildman–Crippen LogP) is 4.57. The van der Waals surface area contributed by atoms with E-state index in [-0.39, 0.29) is 17.1 Å². The molecular weight excluding hydrogens is 248 g/mol. The third kappa shape index (κ3) is 2.84. The monoisotopic (exact) mass is 270 g/mol. The van der Waals surface area contributed by atoms with Crippen molar-refractivity contribution in [3.63, 3.8) is 0 Å². The summed E-state index contributed by atoms with van der Waals surface area (Å²) in [5, 5.41) is 2.26. The highest BCUT2D eigenvalue weighted by atomic mass is 16.5. The minimum Gasteiger partial charge on any atom is -0.497 e. The molecule has 2 aromatic rings. The van der Waals surface area contributed by atoms with E-state index in [1.165, 1.54) is 0 Å². The zero-order valence-electron chi connectivity index (χ0n) is 12.9. The van der Waals surface area contributed by atoms with E-state index in [2.05, 4.69) is 12.1 Å². The van der Waals surface area contributed by atoms with Crippen LogP contribution in [0.3, 0.4) is 0 Å². The molecule has 0 aromatic heterocycles. The molecule has 1 atom stereocenters. The van der Waals surface area contributed by atoms with Crippen molar-refractivity contribution in [2.24, 2.45) is 5.41 Å². The Kier molecular flexibility index (Phi) is 3.85. The molecule has 0 saturated heterocycles. The van der Waals surface area contributed by atoms with Crippen molar-refractivity contribution in [2.75, 3.05) is 7.11 Å². The molecule has 0 N–H and O–H groups in total. The molecule has 0 unspecified atom stereocenters. The van der Waals surface area contributed by atoms with E-state index in [0.29, 0.717) is 0 Å². The Morgan fingerprint density at radius 1 is 1.05 bits per heavy atom. The van der Waals surface area contributed by atoms with E-state index in [1.807, 2.05) is 52.0 Å². The van der Waals surface area contributed by atoms with Crippen LogP contribution >= 0.6 is 0 Å². The number of carbonyl (C=O) groups excluding carboxylic acids is 1. The lowest BCUT2D eigenvalue weighted by atomic mass is 9.80. The van der Waals surface area contributed by atoms with Gasteiger partial charge < -0.3 is 4.74 Å². The van der Waals surface area contributed by atoms with Crippen molar-refractivity contribution >= 4 is 16.6 Å².